The van der Waals surface area contributed by atoms with Gasteiger partial charge in [-0.15, -0.1) is 0 Å². The standard InChI is InChI=1S/C6H11F3N2/c1-5(11(2)10)3-4-6(7,8)9/h1,3-4,10H2,2H3. The van der Waals surface area contributed by atoms with E-state index in [1.165, 1.54) is 7.05 Å². The largest absolute Gasteiger partial charge is 0.389 e. The van der Waals surface area contributed by atoms with Gasteiger partial charge in [-0.2, -0.15) is 13.2 Å². The fraction of sp³-hybridized carbons (Fsp3) is 0.667. The molecule has 0 atom stereocenters. The first kappa shape index (κ1) is 10.3. The maximum atomic E-state index is 11.6. The van der Waals surface area contributed by atoms with Gasteiger partial charge in [0, 0.05) is 19.2 Å². The number of halogens is 3. The molecule has 0 heterocycles. The van der Waals surface area contributed by atoms with E-state index in [1.54, 1.807) is 0 Å². The fourth-order valence-corrected chi connectivity index (χ4v) is 0.462. The number of nitrogens with zero attached hydrogens (tertiary/aromatic N) is 1. The van der Waals surface area contributed by atoms with Crippen molar-refractivity contribution in [1.82, 2.24) is 5.01 Å². The molecule has 2 N–H and O–H groups in total. The Bertz CT molecular complexity index is 139. The highest BCUT2D eigenvalue weighted by Gasteiger charge is 2.26. The van der Waals surface area contributed by atoms with Gasteiger partial charge in [0.05, 0.1) is 0 Å². The first-order chi connectivity index (χ1) is 4.83. The third kappa shape index (κ3) is 5.72. The molecule has 2 nitrogen and oxygen atoms in total. The van der Waals surface area contributed by atoms with E-state index in [1.807, 2.05) is 0 Å². The van der Waals surface area contributed by atoms with Crippen molar-refractivity contribution in [1.29, 1.82) is 0 Å². The van der Waals surface area contributed by atoms with Crippen LogP contribution in [0.4, 0.5) is 13.2 Å². The topological polar surface area (TPSA) is 29.3 Å². The van der Waals surface area contributed by atoms with Gasteiger partial charge in [-0.05, 0) is 6.42 Å². The fourth-order valence-electron chi connectivity index (χ4n) is 0.462. The van der Waals surface area contributed by atoms with Crippen molar-refractivity contribution in [2.45, 2.75) is 19.0 Å². The normalized spacial score (nSPS) is 11.4. The highest BCUT2D eigenvalue weighted by molar-refractivity contribution is 4.89. The summed E-state index contributed by atoms with van der Waals surface area (Å²) in [5.41, 5.74) is 0.280. The van der Waals surface area contributed by atoms with Crippen LogP contribution in [-0.2, 0) is 0 Å². The average Bonchev–Trinajstić information content (AvgIpc) is 1.80. The van der Waals surface area contributed by atoms with Gasteiger partial charge < -0.3 is 5.01 Å². The summed E-state index contributed by atoms with van der Waals surface area (Å²) in [6.45, 7) is 3.36. The van der Waals surface area contributed by atoms with E-state index < -0.39 is 12.6 Å². The molecule has 5 heteroatoms. The molecule has 11 heavy (non-hydrogen) atoms. The summed E-state index contributed by atoms with van der Waals surface area (Å²) in [6.07, 6.45) is -5.14. The smallest absolute Gasteiger partial charge is 0.319 e. The van der Waals surface area contributed by atoms with Crippen LogP contribution in [0, 0.1) is 0 Å². The molecule has 0 aliphatic rings. The molecule has 66 valence electrons. The molecule has 0 rings (SSSR count). The summed E-state index contributed by atoms with van der Waals surface area (Å²) in [7, 11) is 1.46. The zero-order chi connectivity index (χ0) is 9.07. The summed E-state index contributed by atoms with van der Waals surface area (Å²) in [5.74, 6) is 5.13. The van der Waals surface area contributed by atoms with Gasteiger partial charge in [0.2, 0.25) is 0 Å². The summed E-state index contributed by atoms with van der Waals surface area (Å²) in [5, 5.41) is 1.09. The van der Waals surface area contributed by atoms with Gasteiger partial charge in [0.1, 0.15) is 0 Å². The Labute approximate surface area is 63.4 Å². The van der Waals surface area contributed by atoms with Gasteiger partial charge in [0.25, 0.3) is 0 Å². The van der Waals surface area contributed by atoms with Crippen LogP contribution in [-0.4, -0.2) is 18.2 Å². The SMILES string of the molecule is C=C(CCC(F)(F)F)N(C)N. The van der Waals surface area contributed by atoms with Crippen molar-refractivity contribution < 1.29 is 13.2 Å². The lowest BCUT2D eigenvalue weighted by Crippen LogP contribution is -2.25. The van der Waals surface area contributed by atoms with E-state index in [0.29, 0.717) is 0 Å². The molecule has 0 fully saturated rings. The summed E-state index contributed by atoms with van der Waals surface area (Å²) >= 11 is 0. The average molecular weight is 168 g/mol. The van der Waals surface area contributed by atoms with Crippen molar-refractivity contribution in [3.63, 3.8) is 0 Å². The minimum absolute atomic E-state index is 0.142. The molecule has 0 aromatic carbocycles. The number of alkyl halides is 3. The molecule has 0 amide bonds. The molecule has 0 spiro atoms. The van der Waals surface area contributed by atoms with E-state index in [0.717, 1.165) is 5.01 Å². The number of hydrogen-bond donors (Lipinski definition) is 1. The lowest BCUT2D eigenvalue weighted by Gasteiger charge is -2.15. The highest BCUT2D eigenvalue weighted by Crippen LogP contribution is 2.23. The zero-order valence-electron chi connectivity index (χ0n) is 6.28. The Kier molecular flexibility index (Phi) is 3.38. The molecule has 0 saturated heterocycles. The van der Waals surface area contributed by atoms with Crippen molar-refractivity contribution in [2.75, 3.05) is 7.05 Å². The number of hydrazine groups is 1. The first-order valence-corrected chi connectivity index (χ1v) is 3.06. The predicted octanol–water partition coefficient (Wildman–Crippen LogP) is 1.65. The van der Waals surface area contributed by atoms with Crippen LogP contribution < -0.4 is 5.84 Å². The van der Waals surface area contributed by atoms with Crippen LogP contribution >= 0.6 is 0 Å². The summed E-state index contributed by atoms with van der Waals surface area (Å²) in [4.78, 5) is 0. The van der Waals surface area contributed by atoms with Gasteiger partial charge in [-0.1, -0.05) is 6.58 Å². The maximum absolute atomic E-state index is 11.6. The monoisotopic (exact) mass is 168 g/mol. The first-order valence-electron chi connectivity index (χ1n) is 3.06. The molecule has 0 aliphatic carbocycles. The predicted molar refractivity (Wildman–Crippen MR) is 36.4 cm³/mol. The molecule has 0 saturated carbocycles. The molecule has 0 unspecified atom stereocenters. The Balaban J connectivity index is 3.64. The van der Waals surface area contributed by atoms with Crippen LogP contribution in [0.3, 0.4) is 0 Å². The Morgan fingerprint density at radius 2 is 2.00 bits per heavy atom. The Hall–Kier alpha value is -0.710. The second-order valence-corrected chi connectivity index (χ2v) is 2.29. The number of allylic oxidation sites excluding steroid dienone is 1. The van der Waals surface area contributed by atoms with Crippen molar-refractivity contribution in [3.8, 4) is 0 Å². The Morgan fingerprint density at radius 3 is 2.27 bits per heavy atom. The molecular formula is C6H11F3N2. The van der Waals surface area contributed by atoms with Crippen molar-refractivity contribution in [3.05, 3.63) is 12.3 Å². The van der Waals surface area contributed by atoms with Crippen LogP contribution in [0.5, 0.6) is 0 Å². The summed E-state index contributed by atoms with van der Waals surface area (Å²) in [6, 6.07) is 0. The Morgan fingerprint density at radius 1 is 1.55 bits per heavy atom. The third-order valence-corrected chi connectivity index (χ3v) is 1.20. The highest BCUT2D eigenvalue weighted by atomic mass is 19.4. The molecule has 0 aromatic rings. The molecule has 0 aromatic heterocycles. The van der Waals surface area contributed by atoms with Gasteiger partial charge in [0.15, 0.2) is 0 Å². The lowest BCUT2D eigenvalue weighted by atomic mass is 10.2. The molecular weight excluding hydrogens is 157 g/mol. The van der Waals surface area contributed by atoms with E-state index in [2.05, 4.69) is 6.58 Å². The zero-order valence-corrected chi connectivity index (χ0v) is 6.28. The van der Waals surface area contributed by atoms with Crippen molar-refractivity contribution in [2.24, 2.45) is 5.84 Å². The number of rotatable bonds is 3. The minimum atomic E-state index is -4.13. The third-order valence-electron chi connectivity index (χ3n) is 1.20. The minimum Gasteiger partial charge on any atom is -0.319 e. The molecule has 0 aliphatic heterocycles. The number of hydrogen-bond acceptors (Lipinski definition) is 2. The van der Waals surface area contributed by atoms with Crippen LogP contribution in [0.1, 0.15) is 12.8 Å². The van der Waals surface area contributed by atoms with Crippen LogP contribution in [0.2, 0.25) is 0 Å². The molecule has 0 bridgehead atoms. The van der Waals surface area contributed by atoms with E-state index >= 15 is 0 Å². The van der Waals surface area contributed by atoms with Gasteiger partial charge in [-0.25, -0.2) is 5.84 Å². The van der Waals surface area contributed by atoms with Crippen LogP contribution in [0.25, 0.3) is 0 Å². The van der Waals surface area contributed by atoms with E-state index in [9.17, 15) is 13.2 Å². The van der Waals surface area contributed by atoms with Crippen molar-refractivity contribution >= 4 is 0 Å². The second-order valence-electron chi connectivity index (χ2n) is 2.29. The second kappa shape index (κ2) is 3.61. The van der Waals surface area contributed by atoms with E-state index in [-0.39, 0.29) is 12.1 Å². The quantitative estimate of drug-likeness (QED) is 0.512. The maximum Gasteiger partial charge on any atom is 0.389 e. The van der Waals surface area contributed by atoms with E-state index in [4.69, 9.17) is 5.84 Å². The van der Waals surface area contributed by atoms with Crippen LogP contribution in [0.15, 0.2) is 12.3 Å². The number of nitrogens with two attached hydrogens (primary N) is 1. The lowest BCUT2D eigenvalue weighted by molar-refractivity contribution is -0.134. The van der Waals surface area contributed by atoms with Gasteiger partial charge in [-0.3, -0.25) is 0 Å². The molecule has 0 radical (unpaired) electrons. The van der Waals surface area contributed by atoms with Gasteiger partial charge >= 0.3 is 6.18 Å². The summed E-state index contributed by atoms with van der Waals surface area (Å²) < 4.78 is 34.7.